The highest BCUT2D eigenvalue weighted by Gasteiger charge is 2.21. The molecule has 0 aromatic rings. The maximum Gasteiger partial charge on any atom is 0.182 e. The average molecular weight is 288 g/mol. The van der Waals surface area contributed by atoms with Crippen molar-refractivity contribution in [2.75, 3.05) is 58.9 Å². The molecule has 0 saturated carbocycles. The first-order valence-corrected chi connectivity index (χ1v) is 8.64. The van der Waals surface area contributed by atoms with Gasteiger partial charge in [-0.15, -0.1) is 0 Å². The van der Waals surface area contributed by atoms with Crippen molar-refractivity contribution in [2.24, 2.45) is 0 Å². The zero-order chi connectivity index (χ0) is 15.1. The lowest BCUT2D eigenvalue weighted by Crippen LogP contribution is -2.49. The van der Waals surface area contributed by atoms with Crippen LogP contribution in [-0.2, 0) is 0 Å². The summed E-state index contributed by atoms with van der Waals surface area (Å²) in [5, 5.41) is 0. The summed E-state index contributed by atoms with van der Waals surface area (Å²) in [6.07, 6.45) is 5.22. The Balaban J connectivity index is 1.67. The fraction of sp³-hybridized carbons (Fsp3) is 1.00. The van der Waals surface area contributed by atoms with Crippen LogP contribution in [0.1, 0.15) is 32.6 Å². The fourth-order valence-electron chi connectivity index (χ4n) is 3.48. The van der Waals surface area contributed by atoms with Crippen LogP contribution in [0.2, 0.25) is 0 Å². The van der Waals surface area contributed by atoms with E-state index in [1.54, 1.807) is 0 Å². The molecular weight excluding hydrogens is 258 g/mol. The Labute approximate surface area is 133 Å². The molecule has 0 bridgehead atoms. The zero-order valence-corrected chi connectivity index (χ0v) is 13.7. The van der Waals surface area contributed by atoms with E-state index in [0.29, 0.717) is 0 Å². The molecule has 2 saturated heterocycles. The van der Waals surface area contributed by atoms with Gasteiger partial charge in [0.25, 0.3) is 0 Å². The minimum absolute atomic E-state index is 0.750. The van der Waals surface area contributed by atoms with E-state index in [1.807, 2.05) is 9.62 Å². The van der Waals surface area contributed by atoms with Crippen LogP contribution in [0.3, 0.4) is 0 Å². The SMILES string of the molecule is [B]N1CCN(CCCC(CCC)N2CCN([B])CC2)CC1. The lowest BCUT2D eigenvalue weighted by Gasteiger charge is -2.39. The molecular formula is C15H30B2N4. The molecule has 0 amide bonds. The van der Waals surface area contributed by atoms with Crippen LogP contribution in [0.4, 0.5) is 0 Å². The van der Waals surface area contributed by atoms with E-state index in [1.165, 1.54) is 32.2 Å². The molecule has 21 heavy (non-hydrogen) atoms. The van der Waals surface area contributed by atoms with Crippen LogP contribution in [0.25, 0.3) is 0 Å². The molecule has 0 aromatic carbocycles. The fourth-order valence-corrected chi connectivity index (χ4v) is 3.48. The van der Waals surface area contributed by atoms with E-state index in [-0.39, 0.29) is 0 Å². The maximum atomic E-state index is 5.87. The van der Waals surface area contributed by atoms with Crippen molar-refractivity contribution >= 4 is 16.0 Å². The highest BCUT2D eigenvalue weighted by Crippen LogP contribution is 2.16. The highest BCUT2D eigenvalue weighted by molar-refractivity contribution is 6.04. The highest BCUT2D eigenvalue weighted by atomic mass is 15.2. The zero-order valence-electron chi connectivity index (χ0n) is 13.7. The van der Waals surface area contributed by atoms with Crippen LogP contribution >= 0.6 is 0 Å². The molecule has 0 aliphatic carbocycles. The molecule has 6 heteroatoms. The Morgan fingerprint density at radius 3 is 1.95 bits per heavy atom. The molecule has 2 heterocycles. The smallest absolute Gasteiger partial charge is 0.182 e. The van der Waals surface area contributed by atoms with Gasteiger partial charge in [0.05, 0.1) is 0 Å². The third-order valence-electron chi connectivity index (χ3n) is 4.91. The molecule has 0 N–H and O–H groups in total. The van der Waals surface area contributed by atoms with E-state index in [2.05, 4.69) is 16.7 Å². The lowest BCUT2D eigenvalue weighted by molar-refractivity contribution is 0.117. The number of hydrogen-bond acceptors (Lipinski definition) is 4. The first-order valence-electron chi connectivity index (χ1n) is 8.64. The topological polar surface area (TPSA) is 13.0 Å². The molecule has 2 rings (SSSR count). The molecule has 4 nitrogen and oxygen atoms in total. The maximum absolute atomic E-state index is 5.87. The first kappa shape index (κ1) is 17.3. The van der Waals surface area contributed by atoms with Gasteiger partial charge in [0.15, 0.2) is 16.0 Å². The monoisotopic (exact) mass is 288 g/mol. The number of rotatable bonds is 7. The average Bonchev–Trinajstić information content (AvgIpc) is 2.49. The Morgan fingerprint density at radius 2 is 1.38 bits per heavy atom. The normalized spacial score (nSPS) is 25.2. The van der Waals surface area contributed by atoms with Crippen molar-refractivity contribution in [3.63, 3.8) is 0 Å². The van der Waals surface area contributed by atoms with Gasteiger partial charge in [0, 0.05) is 32.2 Å². The molecule has 1 unspecified atom stereocenters. The quantitative estimate of drug-likeness (QED) is 0.626. The van der Waals surface area contributed by atoms with Crippen molar-refractivity contribution in [3.8, 4) is 0 Å². The van der Waals surface area contributed by atoms with E-state index in [0.717, 1.165) is 58.4 Å². The largest absolute Gasteiger partial charge is 0.351 e. The summed E-state index contributed by atoms with van der Waals surface area (Å²) in [5.41, 5.74) is 0. The first-order chi connectivity index (χ1) is 10.2. The third-order valence-corrected chi connectivity index (χ3v) is 4.91. The van der Waals surface area contributed by atoms with Crippen molar-refractivity contribution < 1.29 is 0 Å². The van der Waals surface area contributed by atoms with Crippen molar-refractivity contribution in [1.29, 1.82) is 0 Å². The standard InChI is InChI=1S/C15H30B2N4/c1-2-4-15(19-9-13-21(17)14-10-19)5-3-6-18-7-11-20(16)12-8-18/h15H,2-14H2,1H3. The van der Waals surface area contributed by atoms with Gasteiger partial charge in [0.2, 0.25) is 0 Å². The second kappa shape index (κ2) is 9.19. The van der Waals surface area contributed by atoms with Gasteiger partial charge in [-0.05, 0) is 52.0 Å². The van der Waals surface area contributed by atoms with Gasteiger partial charge in [-0.3, -0.25) is 4.90 Å². The van der Waals surface area contributed by atoms with Crippen LogP contribution < -0.4 is 0 Å². The predicted octanol–water partition coefficient (Wildman–Crippen LogP) is 0.338. The number of hydrogen-bond donors (Lipinski definition) is 0. The summed E-state index contributed by atoms with van der Waals surface area (Å²) in [4.78, 5) is 9.10. The molecule has 2 aliphatic rings. The van der Waals surface area contributed by atoms with E-state index < -0.39 is 0 Å². The summed E-state index contributed by atoms with van der Waals surface area (Å²) in [6, 6.07) is 0.750. The molecule has 2 aliphatic heterocycles. The summed E-state index contributed by atoms with van der Waals surface area (Å²) >= 11 is 0. The minimum atomic E-state index is 0.750. The van der Waals surface area contributed by atoms with E-state index >= 15 is 0 Å². The van der Waals surface area contributed by atoms with Crippen LogP contribution in [0.15, 0.2) is 0 Å². The van der Waals surface area contributed by atoms with Gasteiger partial charge in [0.1, 0.15) is 0 Å². The van der Waals surface area contributed by atoms with Gasteiger partial charge in [-0.2, -0.15) is 0 Å². The molecule has 0 spiro atoms. The Kier molecular flexibility index (Phi) is 7.58. The summed E-state index contributed by atoms with van der Waals surface area (Å²) in [7, 11) is 11.7. The van der Waals surface area contributed by atoms with Gasteiger partial charge >= 0.3 is 0 Å². The van der Waals surface area contributed by atoms with Crippen molar-refractivity contribution in [2.45, 2.75) is 38.6 Å². The molecule has 2 fully saturated rings. The second-order valence-electron chi connectivity index (χ2n) is 6.53. The summed E-state index contributed by atoms with van der Waals surface area (Å²) in [5.74, 6) is 0. The van der Waals surface area contributed by atoms with Crippen molar-refractivity contribution in [3.05, 3.63) is 0 Å². The molecule has 0 aromatic heterocycles. The molecule has 4 radical (unpaired) electrons. The Hall–Kier alpha value is -0.0301. The van der Waals surface area contributed by atoms with Gasteiger partial charge in [-0.1, -0.05) is 13.3 Å². The molecule has 116 valence electrons. The van der Waals surface area contributed by atoms with E-state index in [4.69, 9.17) is 16.0 Å². The second-order valence-corrected chi connectivity index (χ2v) is 6.53. The van der Waals surface area contributed by atoms with Crippen molar-refractivity contribution in [1.82, 2.24) is 19.4 Å². The summed E-state index contributed by atoms with van der Waals surface area (Å²) in [6.45, 7) is 12.1. The summed E-state index contributed by atoms with van der Waals surface area (Å²) < 4.78 is 0. The molecule has 1 atom stereocenters. The van der Waals surface area contributed by atoms with Crippen LogP contribution in [0, 0.1) is 0 Å². The number of piperazine rings is 2. The Morgan fingerprint density at radius 1 is 0.810 bits per heavy atom. The third kappa shape index (κ3) is 5.93. The van der Waals surface area contributed by atoms with E-state index in [9.17, 15) is 0 Å². The predicted molar refractivity (Wildman–Crippen MR) is 90.6 cm³/mol. The minimum Gasteiger partial charge on any atom is -0.351 e. The lowest BCUT2D eigenvalue weighted by atomic mass is 10.0. The Bertz CT molecular complexity index is 277. The van der Waals surface area contributed by atoms with Gasteiger partial charge < -0.3 is 14.5 Å². The number of nitrogens with zero attached hydrogens (tertiary/aromatic N) is 4. The van der Waals surface area contributed by atoms with Crippen LogP contribution in [0.5, 0.6) is 0 Å². The van der Waals surface area contributed by atoms with Gasteiger partial charge in [-0.25, -0.2) is 0 Å². The van der Waals surface area contributed by atoms with Crippen LogP contribution in [-0.4, -0.2) is 100 Å².